The SMILES string of the molecule is COc1ccc(S(=O)(=O)N(CC(=O)Nc2ccc3c(c2)oc2ccccc23)c2cccc(Cl)c2)cc1. The average molecular weight is 521 g/mol. The highest BCUT2D eigenvalue weighted by Gasteiger charge is 2.27. The fourth-order valence-corrected chi connectivity index (χ4v) is 5.55. The second-order valence-electron chi connectivity index (χ2n) is 8.02. The van der Waals surface area contributed by atoms with Crippen LogP contribution in [0.25, 0.3) is 21.9 Å². The number of hydrogen-bond donors (Lipinski definition) is 1. The number of anilines is 2. The fourth-order valence-electron chi connectivity index (χ4n) is 3.96. The molecule has 0 saturated heterocycles. The van der Waals surface area contributed by atoms with Gasteiger partial charge in [0, 0.05) is 27.5 Å². The van der Waals surface area contributed by atoms with E-state index in [0.29, 0.717) is 22.0 Å². The van der Waals surface area contributed by atoms with Gasteiger partial charge in [0.25, 0.3) is 10.0 Å². The van der Waals surface area contributed by atoms with Gasteiger partial charge in [-0.25, -0.2) is 8.42 Å². The minimum atomic E-state index is -4.10. The van der Waals surface area contributed by atoms with Crippen molar-refractivity contribution in [1.29, 1.82) is 0 Å². The Morgan fingerprint density at radius 2 is 1.67 bits per heavy atom. The lowest BCUT2D eigenvalue weighted by Crippen LogP contribution is -2.38. The van der Waals surface area contributed by atoms with Crippen LogP contribution >= 0.6 is 11.6 Å². The Kier molecular flexibility index (Phi) is 6.30. The van der Waals surface area contributed by atoms with E-state index in [2.05, 4.69) is 5.32 Å². The third-order valence-electron chi connectivity index (χ3n) is 5.69. The van der Waals surface area contributed by atoms with Crippen molar-refractivity contribution in [3.8, 4) is 5.75 Å². The molecule has 1 aromatic heterocycles. The summed E-state index contributed by atoms with van der Waals surface area (Å²) in [5.41, 5.74) is 2.11. The van der Waals surface area contributed by atoms with Crippen molar-refractivity contribution in [2.24, 2.45) is 0 Å². The van der Waals surface area contributed by atoms with Crippen molar-refractivity contribution in [2.75, 3.05) is 23.3 Å². The van der Waals surface area contributed by atoms with Crippen LogP contribution in [-0.4, -0.2) is 28.0 Å². The van der Waals surface area contributed by atoms with Crippen LogP contribution in [0.4, 0.5) is 11.4 Å². The van der Waals surface area contributed by atoms with Crippen LogP contribution in [0.15, 0.2) is 100 Å². The third kappa shape index (κ3) is 4.60. The number of sulfonamides is 1. The molecule has 5 aromatic rings. The maximum atomic E-state index is 13.6. The first-order valence-corrected chi connectivity index (χ1v) is 12.8. The Balaban J connectivity index is 1.45. The van der Waals surface area contributed by atoms with Crippen molar-refractivity contribution >= 4 is 60.8 Å². The lowest BCUT2D eigenvalue weighted by molar-refractivity contribution is -0.114. The largest absolute Gasteiger partial charge is 0.497 e. The molecule has 0 fully saturated rings. The standard InChI is InChI=1S/C27H21ClN2O5S/c1-34-21-10-12-22(13-11-21)36(32,33)30(20-6-4-5-18(28)15-20)17-27(31)29-19-9-14-24-23-7-2-3-8-25(23)35-26(24)16-19/h2-16H,17H2,1H3,(H,29,31). The van der Waals surface area contributed by atoms with E-state index in [4.69, 9.17) is 20.8 Å². The van der Waals surface area contributed by atoms with Gasteiger partial charge in [-0.1, -0.05) is 35.9 Å². The summed E-state index contributed by atoms with van der Waals surface area (Å²) in [5, 5.41) is 5.02. The van der Waals surface area contributed by atoms with Crippen LogP contribution in [0.5, 0.6) is 5.75 Å². The van der Waals surface area contributed by atoms with Crippen LogP contribution in [0.2, 0.25) is 5.02 Å². The predicted octanol–water partition coefficient (Wildman–Crippen LogP) is 6.08. The average Bonchev–Trinajstić information content (AvgIpc) is 3.25. The number of nitrogens with zero attached hydrogens (tertiary/aromatic N) is 1. The molecule has 0 aliphatic rings. The van der Waals surface area contributed by atoms with E-state index >= 15 is 0 Å². The molecule has 0 aliphatic heterocycles. The third-order valence-corrected chi connectivity index (χ3v) is 7.72. The number of benzene rings is 4. The van der Waals surface area contributed by atoms with Crippen LogP contribution in [0.1, 0.15) is 0 Å². The molecular formula is C27H21ClN2O5S. The van der Waals surface area contributed by atoms with Crippen LogP contribution in [-0.2, 0) is 14.8 Å². The second kappa shape index (κ2) is 9.56. The first-order chi connectivity index (χ1) is 17.3. The first kappa shape index (κ1) is 23.7. The highest BCUT2D eigenvalue weighted by atomic mass is 35.5. The summed E-state index contributed by atoms with van der Waals surface area (Å²) in [6, 6.07) is 25.3. The predicted molar refractivity (Wildman–Crippen MR) is 141 cm³/mol. The minimum Gasteiger partial charge on any atom is -0.497 e. The van der Waals surface area contributed by atoms with E-state index in [-0.39, 0.29) is 10.6 Å². The van der Waals surface area contributed by atoms with Crippen LogP contribution in [0.3, 0.4) is 0 Å². The summed E-state index contributed by atoms with van der Waals surface area (Å²) >= 11 is 6.13. The molecule has 5 rings (SSSR count). The van der Waals surface area contributed by atoms with Crippen molar-refractivity contribution in [2.45, 2.75) is 4.90 Å². The Bertz CT molecular complexity index is 1680. The van der Waals surface area contributed by atoms with Crippen molar-refractivity contribution < 1.29 is 22.4 Å². The molecule has 1 heterocycles. The molecule has 7 nitrogen and oxygen atoms in total. The summed E-state index contributed by atoms with van der Waals surface area (Å²) in [4.78, 5) is 13.1. The lowest BCUT2D eigenvalue weighted by Gasteiger charge is -2.24. The van der Waals surface area contributed by atoms with Gasteiger partial charge in [0.1, 0.15) is 23.5 Å². The number of furan rings is 1. The maximum Gasteiger partial charge on any atom is 0.264 e. The number of halogens is 1. The van der Waals surface area contributed by atoms with Gasteiger partial charge < -0.3 is 14.5 Å². The number of carbonyl (C=O) groups excluding carboxylic acids is 1. The van der Waals surface area contributed by atoms with E-state index in [1.54, 1.807) is 42.5 Å². The number of para-hydroxylation sites is 1. The van der Waals surface area contributed by atoms with Gasteiger partial charge >= 0.3 is 0 Å². The molecule has 0 bridgehead atoms. The number of methoxy groups -OCH3 is 1. The van der Waals surface area contributed by atoms with E-state index in [1.165, 1.54) is 25.3 Å². The van der Waals surface area contributed by atoms with Gasteiger partial charge in [-0.15, -0.1) is 0 Å². The fraction of sp³-hybridized carbons (Fsp3) is 0.0741. The normalized spacial score (nSPS) is 11.5. The Morgan fingerprint density at radius 3 is 2.42 bits per heavy atom. The zero-order valence-corrected chi connectivity index (χ0v) is 20.7. The minimum absolute atomic E-state index is 0.0137. The molecule has 0 aliphatic carbocycles. The summed E-state index contributed by atoms with van der Waals surface area (Å²) in [7, 11) is -2.60. The molecule has 182 valence electrons. The molecule has 0 spiro atoms. The second-order valence-corrected chi connectivity index (χ2v) is 10.3. The van der Waals surface area contributed by atoms with Gasteiger partial charge in [-0.2, -0.15) is 0 Å². The highest BCUT2D eigenvalue weighted by Crippen LogP contribution is 2.31. The molecule has 0 atom stereocenters. The Hall–Kier alpha value is -4.01. The molecule has 0 radical (unpaired) electrons. The zero-order valence-electron chi connectivity index (χ0n) is 19.1. The van der Waals surface area contributed by atoms with Crippen LogP contribution < -0.4 is 14.4 Å². The van der Waals surface area contributed by atoms with Gasteiger partial charge in [0.05, 0.1) is 17.7 Å². The molecule has 0 saturated carbocycles. The maximum absolute atomic E-state index is 13.6. The number of nitrogens with one attached hydrogen (secondary N) is 1. The van der Waals surface area contributed by atoms with Crippen LogP contribution in [0, 0.1) is 0 Å². The first-order valence-electron chi connectivity index (χ1n) is 11.0. The highest BCUT2D eigenvalue weighted by molar-refractivity contribution is 7.92. The monoisotopic (exact) mass is 520 g/mol. The summed E-state index contributed by atoms with van der Waals surface area (Å²) in [5.74, 6) is -0.00972. The number of amides is 1. The van der Waals surface area contributed by atoms with Gasteiger partial charge in [-0.05, 0) is 60.7 Å². The molecule has 9 heteroatoms. The number of hydrogen-bond acceptors (Lipinski definition) is 5. The van der Waals surface area contributed by atoms with Crippen molar-refractivity contribution in [1.82, 2.24) is 0 Å². The van der Waals surface area contributed by atoms with Gasteiger partial charge in [-0.3, -0.25) is 9.10 Å². The number of carbonyl (C=O) groups is 1. The van der Waals surface area contributed by atoms with E-state index in [0.717, 1.165) is 20.7 Å². The van der Waals surface area contributed by atoms with Gasteiger partial charge in [0.2, 0.25) is 5.91 Å². The molecule has 4 aromatic carbocycles. The summed E-state index contributed by atoms with van der Waals surface area (Å²) in [6.07, 6.45) is 0. The quantitative estimate of drug-likeness (QED) is 0.281. The van der Waals surface area contributed by atoms with Crippen molar-refractivity contribution in [3.63, 3.8) is 0 Å². The Labute approximate surface area is 212 Å². The van der Waals surface area contributed by atoms with Gasteiger partial charge in [0.15, 0.2) is 0 Å². The Morgan fingerprint density at radius 1 is 0.917 bits per heavy atom. The van der Waals surface area contributed by atoms with E-state index < -0.39 is 22.5 Å². The lowest BCUT2D eigenvalue weighted by atomic mass is 10.1. The molecule has 36 heavy (non-hydrogen) atoms. The summed E-state index contributed by atoms with van der Waals surface area (Å²) in [6.45, 7) is -0.465. The summed E-state index contributed by atoms with van der Waals surface area (Å²) < 4.78 is 39.1. The molecule has 0 unspecified atom stereocenters. The topological polar surface area (TPSA) is 88.9 Å². The molecular weight excluding hydrogens is 500 g/mol. The zero-order chi connectivity index (χ0) is 25.3. The smallest absolute Gasteiger partial charge is 0.264 e. The van der Waals surface area contributed by atoms with E-state index in [9.17, 15) is 13.2 Å². The number of fused-ring (bicyclic) bond motifs is 3. The molecule has 1 amide bonds. The van der Waals surface area contributed by atoms with E-state index in [1.807, 2.05) is 30.3 Å². The molecule has 1 N–H and O–H groups in total. The number of rotatable bonds is 7. The van der Waals surface area contributed by atoms with Crippen molar-refractivity contribution in [3.05, 3.63) is 96.0 Å². The number of ether oxygens (including phenoxy) is 1.